The standard InChI is InChI=1S/C54H34F4N2.Ir/c1-35-29-42(47-12-6-5-11-46(47)41-23-28-52(59-33-41)39-21-26-45(55)27-22-39)31-43(30-35)48-13-7-8-14-49(48)51-34-60-53(40-19-24-44(25-20-40)54(56,57)58)32-50(51)38-17-15-37(16-18-38)36-9-3-2-4-10-36;/h2-19,21,23-34H,1H3;/q-2;. The van der Waals surface area contributed by atoms with E-state index in [4.69, 9.17) is 9.97 Å². The molecule has 7 aromatic carbocycles. The Morgan fingerprint density at radius 2 is 0.967 bits per heavy atom. The van der Waals surface area contributed by atoms with Gasteiger partial charge in [0.25, 0.3) is 0 Å². The van der Waals surface area contributed by atoms with E-state index in [1.54, 1.807) is 6.07 Å². The van der Waals surface area contributed by atoms with Crippen molar-refractivity contribution >= 4 is 0 Å². The van der Waals surface area contributed by atoms with Crippen molar-refractivity contribution in [2.24, 2.45) is 0 Å². The van der Waals surface area contributed by atoms with E-state index in [1.165, 1.54) is 18.2 Å². The van der Waals surface area contributed by atoms with Crippen LogP contribution in [0, 0.1) is 24.9 Å². The smallest absolute Gasteiger partial charge is 0.304 e. The fraction of sp³-hybridized carbons (Fsp3) is 0.0370. The molecule has 0 saturated carbocycles. The topological polar surface area (TPSA) is 25.8 Å². The molecule has 0 bridgehead atoms. The largest absolute Gasteiger partial charge is 0.381 e. The second-order valence-corrected chi connectivity index (χ2v) is 14.6. The van der Waals surface area contributed by atoms with E-state index in [-0.39, 0.29) is 25.9 Å². The van der Waals surface area contributed by atoms with E-state index in [0.29, 0.717) is 22.5 Å². The number of rotatable bonds is 8. The van der Waals surface area contributed by atoms with Crippen molar-refractivity contribution in [3.05, 3.63) is 217 Å². The first-order valence-electron chi connectivity index (χ1n) is 19.4. The third kappa shape index (κ3) is 8.76. The predicted octanol–water partition coefficient (Wildman–Crippen LogP) is 14.9. The van der Waals surface area contributed by atoms with Gasteiger partial charge in [0.15, 0.2) is 0 Å². The maximum Gasteiger partial charge on any atom is 0.381 e. The monoisotopic (exact) mass is 979 g/mol. The van der Waals surface area contributed by atoms with Gasteiger partial charge in [0.1, 0.15) is 0 Å². The van der Waals surface area contributed by atoms with Crippen LogP contribution in [0.5, 0.6) is 0 Å². The van der Waals surface area contributed by atoms with Crippen molar-refractivity contribution in [2.45, 2.75) is 13.1 Å². The van der Waals surface area contributed by atoms with E-state index in [1.807, 2.05) is 73.1 Å². The average molecular weight is 979 g/mol. The fourth-order valence-electron chi connectivity index (χ4n) is 7.62. The summed E-state index contributed by atoms with van der Waals surface area (Å²) in [5, 5.41) is 0. The zero-order valence-electron chi connectivity index (χ0n) is 32.6. The van der Waals surface area contributed by atoms with Crippen molar-refractivity contribution in [1.82, 2.24) is 9.97 Å². The average Bonchev–Trinajstić information content (AvgIpc) is 3.29. The molecule has 0 aliphatic heterocycles. The van der Waals surface area contributed by atoms with Crippen LogP contribution in [0.1, 0.15) is 11.1 Å². The first-order valence-corrected chi connectivity index (χ1v) is 19.4. The number of benzene rings is 7. The van der Waals surface area contributed by atoms with Gasteiger partial charge in [0, 0.05) is 43.9 Å². The molecule has 2 aromatic heterocycles. The Hall–Kier alpha value is -6.79. The number of hydrogen-bond acceptors (Lipinski definition) is 2. The molecule has 299 valence electrons. The Morgan fingerprint density at radius 1 is 0.426 bits per heavy atom. The second kappa shape index (κ2) is 17.4. The van der Waals surface area contributed by atoms with Gasteiger partial charge in [-0.3, -0.25) is 4.39 Å². The Bertz CT molecular complexity index is 2950. The molecule has 1 radical (unpaired) electrons. The number of nitrogens with zero attached hydrogens (tertiary/aromatic N) is 2. The van der Waals surface area contributed by atoms with Crippen LogP contribution in [0.25, 0.3) is 89.3 Å². The Morgan fingerprint density at radius 3 is 1.57 bits per heavy atom. The molecule has 7 heteroatoms. The first-order chi connectivity index (χ1) is 29.2. The third-order valence-electron chi connectivity index (χ3n) is 10.6. The van der Waals surface area contributed by atoms with Crippen LogP contribution in [0.15, 0.2) is 188 Å². The van der Waals surface area contributed by atoms with Crippen LogP contribution >= 0.6 is 0 Å². The van der Waals surface area contributed by atoms with Gasteiger partial charge in [-0.15, -0.1) is 59.7 Å². The summed E-state index contributed by atoms with van der Waals surface area (Å²) in [5.74, 6) is -0.344. The summed E-state index contributed by atoms with van der Waals surface area (Å²) in [6.07, 6.45) is -0.815. The summed E-state index contributed by atoms with van der Waals surface area (Å²) >= 11 is 0. The molecule has 9 rings (SSSR count). The SMILES string of the molecule is Cc1cc(-c2ccccc2-c2ccc(-c3[c-]cc(F)cc3)nc2)cc(-c2ccccc2-c2cnc(-c3[c-]cc(C(F)(F)F)cc3)cc2-c2ccc(-c3ccccc3)cc2)c1.[Ir]. The van der Waals surface area contributed by atoms with Crippen LogP contribution in [0.2, 0.25) is 0 Å². The van der Waals surface area contributed by atoms with Crippen LogP contribution in [0.3, 0.4) is 0 Å². The van der Waals surface area contributed by atoms with E-state index < -0.39 is 11.7 Å². The minimum Gasteiger partial charge on any atom is -0.304 e. The molecule has 0 N–H and O–H groups in total. The summed E-state index contributed by atoms with van der Waals surface area (Å²) < 4.78 is 53.9. The van der Waals surface area contributed by atoms with Crippen LogP contribution in [0.4, 0.5) is 17.6 Å². The van der Waals surface area contributed by atoms with Crippen molar-refractivity contribution < 1.29 is 37.7 Å². The Balaban J connectivity index is 0.00000514. The van der Waals surface area contributed by atoms with E-state index in [2.05, 4.69) is 97.9 Å². The molecule has 2 heterocycles. The molecule has 0 aliphatic carbocycles. The number of hydrogen-bond donors (Lipinski definition) is 0. The molecule has 0 amide bonds. The number of halogens is 4. The second-order valence-electron chi connectivity index (χ2n) is 14.6. The molecule has 9 aromatic rings. The predicted molar refractivity (Wildman–Crippen MR) is 233 cm³/mol. The minimum atomic E-state index is -4.46. The van der Waals surface area contributed by atoms with Crippen LogP contribution in [-0.2, 0) is 26.3 Å². The third-order valence-corrected chi connectivity index (χ3v) is 10.6. The zero-order valence-corrected chi connectivity index (χ0v) is 35.0. The Labute approximate surface area is 365 Å². The first kappa shape index (κ1) is 41.0. The molecule has 0 aliphatic rings. The van der Waals surface area contributed by atoms with Gasteiger partial charge in [-0.2, -0.15) is 13.2 Å². The maximum absolute atomic E-state index is 13.5. The van der Waals surface area contributed by atoms with Gasteiger partial charge in [-0.25, -0.2) is 0 Å². The normalized spacial score (nSPS) is 11.2. The fourth-order valence-corrected chi connectivity index (χ4v) is 7.62. The molecule has 0 atom stereocenters. The molecule has 0 fully saturated rings. The number of alkyl halides is 3. The molecular formula is C54H34F4IrN2-2. The maximum atomic E-state index is 13.5. The van der Waals surface area contributed by atoms with E-state index >= 15 is 0 Å². The molecule has 2 nitrogen and oxygen atoms in total. The molecule has 0 saturated heterocycles. The quantitative estimate of drug-likeness (QED) is 0.112. The van der Waals surface area contributed by atoms with Crippen molar-refractivity contribution in [2.75, 3.05) is 0 Å². The van der Waals surface area contributed by atoms with Gasteiger partial charge >= 0.3 is 6.18 Å². The number of aryl methyl sites for hydroxylation is 1. The van der Waals surface area contributed by atoms with Gasteiger partial charge < -0.3 is 9.97 Å². The van der Waals surface area contributed by atoms with Crippen LogP contribution < -0.4 is 0 Å². The minimum absolute atomic E-state index is 0. The summed E-state index contributed by atoms with van der Waals surface area (Å²) in [7, 11) is 0. The van der Waals surface area contributed by atoms with Crippen molar-refractivity contribution in [1.29, 1.82) is 0 Å². The molecule has 0 spiro atoms. The summed E-state index contributed by atoms with van der Waals surface area (Å²) in [4.78, 5) is 9.53. The van der Waals surface area contributed by atoms with Crippen molar-refractivity contribution in [3.8, 4) is 89.3 Å². The van der Waals surface area contributed by atoms with E-state index in [9.17, 15) is 17.6 Å². The van der Waals surface area contributed by atoms with Gasteiger partial charge in [0.05, 0.1) is 0 Å². The van der Waals surface area contributed by atoms with Gasteiger partial charge in [-0.05, 0) is 96.7 Å². The van der Waals surface area contributed by atoms with Gasteiger partial charge in [0.2, 0.25) is 0 Å². The van der Waals surface area contributed by atoms with Gasteiger partial charge in [-0.1, -0.05) is 133 Å². The summed E-state index contributed by atoms with van der Waals surface area (Å²) in [5.41, 5.74) is 14.6. The molecule has 61 heavy (non-hydrogen) atoms. The van der Waals surface area contributed by atoms with Crippen LogP contribution in [-0.4, -0.2) is 9.97 Å². The zero-order chi connectivity index (χ0) is 41.2. The number of aromatic nitrogens is 2. The number of pyridine rings is 2. The Kier molecular flexibility index (Phi) is 11.7. The molecular weight excluding hydrogens is 945 g/mol. The van der Waals surface area contributed by atoms with Crippen molar-refractivity contribution in [3.63, 3.8) is 0 Å². The summed E-state index contributed by atoms with van der Waals surface area (Å²) in [6, 6.07) is 61.0. The van der Waals surface area contributed by atoms with E-state index in [0.717, 1.165) is 84.5 Å². The summed E-state index contributed by atoms with van der Waals surface area (Å²) in [6.45, 7) is 2.09. The molecule has 0 unspecified atom stereocenters.